The van der Waals surface area contributed by atoms with E-state index in [1.807, 2.05) is 6.92 Å². The first kappa shape index (κ1) is 15.1. The lowest BCUT2D eigenvalue weighted by Gasteiger charge is -2.15. The highest BCUT2D eigenvalue weighted by molar-refractivity contribution is 5.78. The van der Waals surface area contributed by atoms with E-state index < -0.39 is 4.92 Å². The maximum absolute atomic E-state index is 11.7. The van der Waals surface area contributed by atoms with Gasteiger partial charge in [-0.2, -0.15) is 0 Å². The van der Waals surface area contributed by atoms with E-state index >= 15 is 0 Å². The zero-order valence-corrected chi connectivity index (χ0v) is 10.8. The van der Waals surface area contributed by atoms with E-state index in [0.29, 0.717) is 6.42 Å². The lowest BCUT2D eigenvalue weighted by molar-refractivity contribution is -0.384. The summed E-state index contributed by atoms with van der Waals surface area (Å²) in [6.45, 7) is 1.98. The molecular formula is C13H18N2O4. The third-order valence-corrected chi connectivity index (χ3v) is 2.85. The summed E-state index contributed by atoms with van der Waals surface area (Å²) >= 11 is 0. The number of benzene rings is 1. The molecule has 0 aliphatic carbocycles. The summed E-state index contributed by atoms with van der Waals surface area (Å²) in [6, 6.07) is 5.88. The van der Waals surface area contributed by atoms with E-state index in [1.165, 1.54) is 12.1 Å². The fraction of sp³-hybridized carbons (Fsp3) is 0.462. The van der Waals surface area contributed by atoms with Gasteiger partial charge in [0.15, 0.2) is 0 Å². The van der Waals surface area contributed by atoms with E-state index in [2.05, 4.69) is 5.32 Å². The maximum Gasteiger partial charge on any atom is 0.269 e. The zero-order chi connectivity index (χ0) is 14.3. The van der Waals surface area contributed by atoms with Gasteiger partial charge in [-0.3, -0.25) is 14.9 Å². The monoisotopic (exact) mass is 266 g/mol. The number of aliphatic hydroxyl groups excluding tert-OH is 1. The second-order valence-electron chi connectivity index (χ2n) is 4.29. The van der Waals surface area contributed by atoms with Crippen LogP contribution in [0.2, 0.25) is 0 Å². The van der Waals surface area contributed by atoms with E-state index in [1.54, 1.807) is 12.1 Å². The van der Waals surface area contributed by atoms with Gasteiger partial charge in [0.1, 0.15) is 0 Å². The Morgan fingerprint density at radius 3 is 2.53 bits per heavy atom. The number of carbonyl (C=O) groups excluding carboxylic acids is 1. The standard InChI is InChI=1S/C13H18N2O4/c1-2-11(7-8-16)14-13(17)9-10-3-5-12(6-4-10)15(18)19/h3-6,11,16H,2,7-9H2,1H3,(H,14,17). The fourth-order valence-electron chi connectivity index (χ4n) is 1.73. The summed E-state index contributed by atoms with van der Waals surface area (Å²) in [4.78, 5) is 21.8. The molecule has 0 bridgehead atoms. The zero-order valence-electron chi connectivity index (χ0n) is 10.8. The molecule has 0 radical (unpaired) electrons. The van der Waals surface area contributed by atoms with Gasteiger partial charge in [-0.15, -0.1) is 0 Å². The predicted molar refractivity (Wildman–Crippen MR) is 70.7 cm³/mol. The molecule has 1 rings (SSSR count). The molecule has 19 heavy (non-hydrogen) atoms. The largest absolute Gasteiger partial charge is 0.396 e. The molecule has 1 atom stereocenters. The molecule has 1 aromatic carbocycles. The van der Waals surface area contributed by atoms with Crippen LogP contribution in [0, 0.1) is 10.1 Å². The second kappa shape index (κ2) is 7.48. The topological polar surface area (TPSA) is 92.5 Å². The van der Waals surface area contributed by atoms with Gasteiger partial charge in [0.2, 0.25) is 5.91 Å². The Labute approximate surface area is 111 Å². The van der Waals surface area contributed by atoms with Crippen molar-refractivity contribution in [2.45, 2.75) is 32.2 Å². The van der Waals surface area contributed by atoms with Gasteiger partial charge in [-0.25, -0.2) is 0 Å². The number of hydrogen-bond acceptors (Lipinski definition) is 4. The van der Waals surface area contributed by atoms with Crippen molar-refractivity contribution >= 4 is 11.6 Å². The summed E-state index contributed by atoms with van der Waals surface area (Å²) in [5.41, 5.74) is 0.734. The minimum atomic E-state index is -0.474. The molecule has 0 aromatic heterocycles. The highest BCUT2D eigenvalue weighted by Crippen LogP contribution is 2.12. The summed E-state index contributed by atoms with van der Waals surface area (Å²) in [6.07, 6.45) is 1.47. The summed E-state index contributed by atoms with van der Waals surface area (Å²) in [5, 5.41) is 22.2. The average molecular weight is 266 g/mol. The number of nitro groups is 1. The SMILES string of the molecule is CCC(CCO)NC(=O)Cc1ccc([N+](=O)[O-])cc1. The Hall–Kier alpha value is -1.95. The van der Waals surface area contributed by atoms with Crippen LogP contribution in [0.25, 0.3) is 0 Å². The van der Waals surface area contributed by atoms with Crippen LogP contribution in [-0.4, -0.2) is 28.6 Å². The molecule has 0 aliphatic heterocycles. The van der Waals surface area contributed by atoms with Crippen LogP contribution in [0.1, 0.15) is 25.3 Å². The first-order chi connectivity index (χ1) is 9.06. The number of aliphatic hydroxyl groups is 1. The fourth-order valence-corrected chi connectivity index (χ4v) is 1.73. The molecule has 0 saturated carbocycles. The third kappa shape index (κ3) is 5.05. The summed E-state index contributed by atoms with van der Waals surface area (Å²) < 4.78 is 0. The Morgan fingerprint density at radius 1 is 1.42 bits per heavy atom. The normalized spacial score (nSPS) is 11.9. The molecule has 0 spiro atoms. The molecule has 0 fully saturated rings. The van der Waals surface area contributed by atoms with E-state index in [4.69, 9.17) is 5.11 Å². The van der Waals surface area contributed by atoms with Crippen molar-refractivity contribution in [2.24, 2.45) is 0 Å². The number of amides is 1. The Kier molecular flexibility index (Phi) is 5.95. The number of non-ortho nitro benzene ring substituents is 1. The molecule has 6 nitrogen and oxygen atoms in total. The lowest BCUT2D eigenvalue weighted by atomic mass is 10.1. The van der Waals surface area contributed by atoms with Crippen molar-refractivity contribution in [3.05, 3.63) is 39.9 Å². The van der Waals surface area contributed by atoms with Gasteiger partial charge in [0.05, 0.1) is 11.3 Å². The molecule has 1 unspecified atom stereocenters. The van der Waals surface area contributed by atoms with Gasteiger partial charge in [-0.1, -0.05) is 19.1 Å². The number of nitrogens with one attached hydrogen (secondary N) is 1. The van der Waals surface area contributed by atoms with Crippen LogP contribution in [0.3, 0.4) is 0 Å². The average Bonchev–Trinajstić information content (AvgIpc) is 2.38. The van der Waals surface area contributed by atoms with Crippen LogP contribution in [0.5, 0.6) is 0 Å². The van der Waals surface area contributed by atoms with Crippen LogP contribution < -0.4 is 5.32 Å². The highest BCUT2D eigenvalue weighted by Gasteiger charge is 2.11. The first-order valence-corrected chi connectivity index (χ1v) is 6.20. The molecule has 6 heteroatoms. The van der Waals surface area contributed by atoms with Crippen LogP contribution in [0.4, 0.5) is 5.69 Å². The number of nitro benzene ring substituents is 1. The number of nitrogens with zero attached hydrogens (tertiary/aromatic N) is 1. The molecule has 0 saturated heterocycles. The Morgan fingerprint density at radius 2 is 2.05 bits per heavy atom. The van der Waals surface area contributed by atoms with E-state index in [0.717, 1.165) is 12.0 Å². The Balaban J connectivity index is 2.54. The first-order valence-electron chi connectivity index (χ1n) is 6.20. The quantitative estimate of drug-likeness (QED) is 0.576. The van der Waals surface area contributed by atoms with Crippen molar-refractivity contribution in [2.75, 3.05) is 6.61 Å². The van der Waals surface area contributed by atoms with Gasteiger partial charge in [-0.05, 0) is 18.4 Å². The summed E-state index contributed by atoms with van der Waals surface area (Å²) in [7, 11) is 0. The molecule has 1 amide bonds. The number of hydrogen-bond donors (Lipinski definition) is 2. The minimum Gasteiger partial charge on any atom is -0.396 e. The molecule has 104 valence electrons. The van der Waals surface area contributed by atoms with E-state index in [9.17, 15) is 14.9 Å². The Bertz CT molecular complexity index is 431. The molecular weight excluding hydrogens is 248 g/mol. The van der Waals surface area contributed by atoms with Gasteiger partial charge >= 0.3 is 0 Å². The van der Waals surface area contributed by atoms with Gasteiger partial charge in [0.25, 0.3) is 5.69 Å². The maximum atomic E-state index is 11.7. The number of carbonyl (C=O) groups is 1. The molecule has 2 N–H and O–H groups in total. The van der Waals surface area contributed by atoms with Crippen LogP contribution in [-0.2, 0) is 11.2 Å². The summed E-state index contributed by atoms with van der Waals surface area (Å²) in [5.74, 6) is -0.144. The van der Waals surface area contributed by atoms with Crippen molar-refractivity contribution in [1.29, 1.82) is 0 Å². The van der Waals surface area contributed by atoms with E-state index in [-0.39, 0.29) is 30.7 Å². The molecule has 0 heterocycles. The smallest absolute Gasteiger partial charge is 0.269 e. The van der Waals surface area contributed by atoms with Crippen molar-refractivity contribution in [3.8, 4) is 0 Å². The predicted octanol–water partition coefficient (Wildman–Crippen LogP) is 1.41. The lowest BCUT2D eigenvalue weighted by Crippen LogP contribution is -2.36. The third-order valence-electron chi connectivity index (χ3n) is 2.85. The second-order valence-corrected chi connectivity index (χ2v) is 4.29. The van der Waals surface area contributed by atoms with Crippen molar-refractivity contribution in [3.63, 3.8) is 0 Å². The van der Waals surface area contributed by atoms with Gasteiger partial charge < -0.3 is 10.4 Å². The molecule has 0 aliphatic rings. The van der Waals surface area contributed by atoms with Gasteiger partial charge in [0, 0.05) is 24.8 Å². The van der Waals surface area contributed by atoms with Crippen LogP contribution in [0.15, 0.2) is 24.3 Å². The van der Waals surface area contributed by atoms with Crippen LogP contribution >= 0.6 is 0 Å². The highest BCUT2D eigenvalue weighted by atomic mass is 16.6. The van der Waals surface area contributed by atoms with Crippen molar-refractivity contribution in [1.82, 2.24) is 5.32 Å². The minimum absolute atomic E-state index is 0.0101. The molecule has 1 aromatic rings. The van der Waals surface area contributed by atoms with Crippen molar-refractivity contribution < 1.29 is 14.8 Å². The number of rotatable bonds is 7.